The van der Waals surface area contributed by atoms with Gasteiger partial charge in [-0.2, -0.15) is 0 Å². The molecule has 1 atom stereocenters. The second kappa shape index (κ2) is 8.35. The van der Waals surface area contributed by atoms with E-state index in [-0.39, 0.29) is 30.6 Å². The lowest BCUT2D eigenvalue weighted by Crippen LogP contribution is -2.46. The highest BCUT2D eigenvalue weighted by Gasteiger charge is 2.43. The van der Waals surface area contributed by atoms with Gasteiger partial charge in [0, 0.05) is 18.0 Å². The van der Waals surface area contributed by atoms with Crippen molar-refractivity contribution in [2.75, 3.05) is 11.4 Å². The van der Waals surface area contributed by atoms with Gasteiger partial charge in [0.05, 0.1) is 12.1 Å². The molecule has 0 N–H and O–H groups in total. The fourth-order valence-corrected chi connectivity index (χ4v) is 3.40. The van der Waals surface area contributed by atoms with Crippen molar-refractivity contribution in [3.8, 4) is 0 Å². The Kier molecular flexibility index (Phi) is 5.91. The highest BCUT2D eigenvalue weighted by molar-refractivity contribution is 6.30. The van der Waals surface area contributed by atoms with Crippen LogP contribution in [0.25, 0.3) is 0 Å². The van der Waals surface area contributed by atoms with E-state index in [1.807, 2.05) is 30.3 Å². The molecule has 0 radical (unpaired) electrons. The molecule has 27 heavy (non-hydrogen) atoms. The van der Waals surface area contributed by atoms with Crippen molar-refractivity contribution in [3.63, 3.8) is 0 Å². The fraction of sp³-hybridized carbons (Fsp3) is 0.286. The van der Waals surface area contributed by atoms with E-state index in [0.29, 0.717) is 23.7 Å². The largest absolute Gasteiger partial charge is 0.330 e. The van der Waals surface area contributed by atoms with Gasteiger partial charge in [-0.1, -0.05) is 48.9 Å². The number of halogens is 1. The van der Waals surface area contributed by atoms with Crippen LogP contribution in [0, 0.1) is 0 Å². The van der Waals surface area contributed by atoms with E-state index in [2.05, 4.69) is 0 Å². The van der Waals surface area contributed by atoms with Gasteiger partial charge in [0.1, 0.15) is 6.04 Å². The zero-order chi connectivity index (χ0) is 19.4. The van der Waals surface area contributed by atoms with Crippen LogP contribution in [0.1, 0.15) is 25.3 Å². The Labute approximate surface area is 163 Å². The van der Waals surface area contributed by atoms with Crippen LogP contribution in [0.5, 0.6) is 0 Å². The molecule has 2 aromatic carbocycles. The van der Waals surface area contributed by atoms with E-state index in [9.17, 15) is 14.4 Å². The number of amides is 3. The average Bonchev–Trinajstić information content (AvgIpc) is 2.97. The van der Waals surface area contributed by atoms with Crippen molar-refractivity contribution in [2.24, 2.45) is 0 Å². The molecule has 1 fully saturated rings. The third-order valence-corrected chi connectivity index (χ3v) is 4.94. The molecule has 0 aliphatic carbocycles. The van der Waals surface area contributed by atoms with Gasteiger partial charge < -0.3 is 4.90 Å². The van der Waals surface area contributed by atoms with Gasteiger partial charge in [-0.25, -0.2) is 4.90 Å². The lowest BCUT2D eigenvalue weighted by Gasteiger charge is -2.27. The van der Waals surface area contributed by atoms with Crippen molar-refractivity contribution >= 4 is 35.0 Å². The minimum absolute atomic E-state index is 0.00197. The molecule has 1 heterocycles. The molecule has 0 saturated carbocycles. The summed E-state index contributed by atoms with van der Waals surface area (Å²) in [5.74, 6) is -0.798. The van der Waals surface area contributed by atoms with Crippen LogP contribution in [0.4, 0.5) is 5.69 Å². The second-order valence-electron chi connectivity index (χ2n) is 6.44. The molecule has 1 aliphatic rings. The van der Waals surface area contributed by atoms with E-state index < -0.39 is 6.04 Å². The Morgan fingerprint density at radius 2 is 1.78 bits per heavy atom. The molecule has 0 unspecified atom stereocenters. The normalized spacial score (nSPS) is 16.7. The summed E-state index contributed by atoms with van der Waals surface area (Å²) >= 11 is 5.89. The topological polar surface area (TPSA) is 57.7 Å². The second-order valence-corrected chi connectivity index (χ2v) is 6.88. The highest BCUT2D eigenvalue weighted by atomic mass is 35.5. The van der Waals surface area contributed by atoms with Crippen LogP contribution in [0.15, 0.2) is 54.6 Å². The molecule has 6 heteroatoms. The first-order valence-corrected chi connectivity index (χ1v) is 9.34. The maximum atomic E-state index is 13.0. The van der Waals surface area contributed by atoms with E-state index in [0.717, 1.165) is 10.5 Å². The van der Waals surface area contributed by atoms with Gasteiger partial charge >= 0.3 is 0 Å². The SMILES string of the molecule is CCC(=O)N(CCc1ccccc1)[C@H]1CC(=O)N(c2ccc(Cl)cc2)C1=O. The summed E-state index contributed by atoms with van der Waals surface area (Å²) in [5, 5.41) is 0.528. The monoisotopic (exact) mass is 384 g/mol. The highest BCUT2D eigenvalue weighted by Crippen LogP contribution is 2.27. The molecular formula is C21H21ClN2O3. The molecule has 0 bridgehead atoms. The van der Waals surface area contributed by atoms with Crippen LogP contribution in [-0.4, -0.2) is 35.2 Å². The zero-order valence-corrected chi connectivity index (χ0v) is 15.9. The summed E-state index contributed by atoms with van der Waals surface area (Å²) in [4.78, 5) is 40.6. The first-order chi connectivity index (χ1) is 13.0. The number of carbonyl (C=O) groups excluding carboxylic acids is 3. The summed E-state index contributed by atoms with van der Waals surface area (Å²) in [7, 11) is 0. The molecule has 1 saturated heterocycles. The number of anilines is 1. The molecule has 5 nitrogen and oxygen atoms in total. The number of imide groups is 1. The molecule has 3 amide bonds. The lowest BCUT2D eigenvalue weighted by atomic mass is 10.1. The van der Waals surface area contributed by atoms with Crippen molar-refractivity contribution in [3.05, 3.63) is 65.2 Å². The first kappa shape index (κ1) is 19.1. The van der Waals surface area contributed by atoms with E-state index in [4.69, 9.17) is 11.6 Å². The number of nitrogens with zero attached hydrogens (tertiary/aromatic N) is 2. The van der Waals surface area contributed by atoms with Gasteiger partial charge in [0.15, 0.2) is 0 Å². The van der Waals surface area contributed by atoms with Crippen LogP contribution in [-0.2, 0) is 20.8 Å². The molecule has 3 rings (SSSR count). The fourth-order valence-electron chi connectivity index (χ4n) is 3.27. The van der Waals surface area contributed by atoms with Crippen LogP contribution in [0.3, 0.4) is 0 Å². The smallest absolute Gasteiger partial charge is 0.257 e. The Bertz CT molecular complexity index is 836. The van der Waals surface area contributed by atoms with Crippen molar-refractivity contribution in [2.45, 2.75) is 32.2 Å². The average molecular weight is 385 g/mol. The maximum absolute atomic E-state index is 13.0. The predicted octanol–water partition coefficient (Wildman–Crippen LogP) is 3.45. The van der Waals surface area contributed by atoms with Crippen molar-refractivity contribution < 1.29 is 14.4 Å². The summed E-state index contributed by atoms with van der Waals surface area (Å²) in [5.41, 5.74) is 1.56. The number of benzene rings is 2. The Hall–Kier alpha value is -2.66. The molecule has 0 spiro atoms. The van der Waals surface area contributed by atoms with Crippen molar-refractivity contribution in [1.82, 2.24) is 4.90 Å². The van der Waals surface area contributed by atoms with Crippen molar-refractivity contribution in [1.29, 1.82) is 0 Å². The lowest BCUT2D eigenvalue weighted by molar-refractivity contribution is -0.138. The summed E-state index contributed by atoms with van der Waals surface area (Å²) in [6.45, 7) is 2.16. The van der Waals surface area contributed by atoms with E-state index in [1.165, 1.54) is 0 Å². The minimum Gasteiger partial charge on any atom is -0.330 e. The molecular weight excluding hydrogens is 364 g/mol. The number of carbonyl (C=O) groups is 3. The number of rotatable bonds is 6. The Balaban J connectivity index is 1.80. The Morgan fingerprint density at radius 1 is 1.11 bits per heavy atom. The van der Waals surface area contributed by atoms with E-state index in [1.54, 1.807) is 36.1 Å². The summed E-state index contributed by atoms with van der Waals surface area (Å²) in [6, 6.07) is 15.6. The summed E-state index contributed by atoms with van der Waals surface area (Å²) in [6.07, 6.45) is 0.918. The molecule has 0 aromatic heterocycles. The van der Waals surface area contributed by atoms with Gasteiger partial charge in [-0.15, -0.1) is 0 Å². The molecule has 2 aromatic rings. The maximum Gasteiger partial charge on any atom is 0.257 e. The van der Waals surface area contributed by atoms with Crippen LogP contribution >= 0.6 is 11.6 Å². The predicted molar refractivity (Wildman–Crippen MR) is 105 cm³/mol. The van der Waals surface area contributed by atoms with Gasteiger partial charge in [-0.3, -0.25) is 14.4 Å². The first-order valence-electron chi connectivity index (χ1n) is 8.97. The summed E-state index contributed by atoms with van der Waals surface area (Å²) < 4.78 is 0. The number of hydrogen-bond acceptors (Lipinski definition) is 3. The quantitative estimate of drug-likeness (QED) is 0.717. The minimum atomic E-state index is -0.760. The standard InChI is InChI=1S/C21H21ClN2O3/c1-2-19(25)23(13-12-15-6-4-3-5-7-15)18-14-20(26)24(21(18)27)17-10-8-16(22)9-11-17/h3-11,18H,2,12-14H2,1H3/t18-/m0/s1. The van der Waals surface area contributed by atoms with Crippen LogP contribution < -0.4 is 4.90 Å². The third kappa shape index (κ3) is 4.19. The van der Waals surface area contributed by atoms with E-state index >= 15 is 0 Å². The van der Waals surface area contributed by atoms with Gasteiger partial charge in [0.2, 0.25) is 11.8 Å². The zero-order valence-electron chi connectivity index (χ0n) is 15.1. The van der Waals surface area contributed by atoms with Gasteiger partial charge in [0.25, 0.3) is 5.91 Å². The molecule has 1 aliphatic heterocycles. The third-order valence-electron chi connectivity index (χ3n) is 4.69. The molecule has 140 valence electrons. The van der Waals surface area contributed by atoms with Crippen LogP contribution in [0.2, 0.25) is 5.02 Å². The van der Waals surface area contributed by atoms with Gasteiger partial charge in [-0.05, 0) is 36.2 Å². The Morgan fingerprint density at radius 3 is 2.41 bits per heavy atom. The number of hydrogen-bond donors (Lipinski definition) is 0.